The van der Waals surface area contributed by atoms with E-state index in [-0.39, 0.29) is 18.4 Å². The number of rotatable bonds is 8. The molecular weight excluding hydrogens is 306 g/mol. The molecule has 1 aromatic carbocycles. The number of amides is 1. The van der Waals surface area contributed by atoms with Crippen LogP contribution in [0.4, 0.5) is 0 Å². The Morgan fingerprint density at radius 1 is 1.26 bits per heavy atom. The molecule has 0 aliphatic heterocycles. The van der Waals surface area contributed by atoms with Crippen molar-refractivity contribution >= 4 is 21.8 Å². The highest BCUT2D eigenvalue weighted by Crippen LogP contribution is 2.21. The summed E-state index contributed by atoms with van der Waals surface area (Å²) in [7, 11) is 0. The molecule has 1 atom stereocenters. The first-order valence-electron chi connectivity index (χ1n) is 6.76. The molecule has 0 saturated heterocycles. The van der Waals surface area contributed by atoms with Crippen LogP contribution in [0.25, 0.3) is 0 Å². The van der Waals surface area contributed by atoms with Crippen molar-refractivity contribution in [2.75, 3.05) is 13.2 Å². The lowest BCUT2D eigenvalue weighted by molar-refractivity contribution is -0.121. The van der Waals surface area contributed by atoms with Crippen LogP contribution in [0.15, 0.2) is 28.7 Å². The number of aliphatic hydroxyl groups is 1. The summed E-state index contributed by atoms with van der Waals surface area (Å²) in [6.07, 6.45) is 3.21. The van der Waals surface area contributed by atoms with Crippen LogP contribution in [0, 0.1) is 0 Å². The van der Waals surface area contributed by atoms with Crippen molar-refractivity contribution in [1.29, 1.82) is 0 Å². The second-order valence-corrected chi connectivity index (χ2v) is 5.71. The minimum Gasteiger partial charge on any atom is -0.396 e. The van der Waals surface area contributed by atoms with E-state index in [1.165, 1.54) is 5.56 Å². The standard InChI is InChI=1S/C15H22BrNO2/c1-12(13-5-7-14(16)8-6-13)11-15(19)17-9-3-2-4-10-18/h5-8,12,18H,2-4,9-11H2,1H3,(H,17,19). The minimum absolute atomic E-state index is 0.0967. The van der Waals surface area contributed by atoms with Gasteiger partial charge in [0, 0.05) is 24.0 Å². The molecular formula is C15H22BrNO2. The summed E-state index contributed by atoms with van der Waals surface area (Å²) in [5.74, 6) is 0.324. The Morgan fingerprint density at radius 3 is 2.58 bits per heavy atom. The maximum absolute atomic E-state index is 11.8. The van der Waals surface area contributed by atoms with Crippen LogP contribution in [0.3, 0.4) is 0 Å². The quantitative estimate of drug-likeness (QED) is 0.720. The average molecular weight is 328 g/mol. The van der Waals surface area contributed by atoms with Crippen LogP contribution in [0.5, 0.6) is 0 Å². The van der Waals surface area contributed by atoms with Gasteiger partial charge in [-0.1, -0.05) is 35.0 Å². The summed E-state index contributed by atoms with van der Waals surface area (Å²) in [5, 5.41) is 11.6. The van der Waals surface area contributed by atoms with Crippen LogP contribution in [-0.4, -0.2) is 24.2 Å². The van der Waals surface area contributed by atoms with Crippen molar-refractivity contribution in [3.8, 4) is 0 Å². The maximum atomic E-state index is 11.8. The van der Waals surface area contributed by atoms with Crippen LogP contribution in [-0.2, 0) is 4.79 Å². The number of unbranched alkanes of at least 4 members (excludes halogenated alkanes) is 2. The monoisotopic (exact) mass is 327 g/mol. The maximum Gasteiger partial charge on any atom is 0.220 e. The Hall–Kier alpha value is -0.870. The van der Waals surface area contributed by atoms with Crippen LogP contribution in [0.2, 0.25) is 0 Å². The van der Waals surface area contributed by atoms with E-state index in [1.807, 2.05) is 24.3 Å². The molecule has 0 saturated carbocycles. The Balaban J connectivity index is 2.26. The van der Waals surface area contributed by atoms with Crippen molar-refractivity contribution in [2.24, 2.45) is 0 Å². The van der Waals surface area contributed by atoms with Gasteiger partial charge in [-0.25, -0.2) is 0 Å². The van der Waals surface area contributed by atoms with E-state index < -0.39 is 0 Å². The zero-order valence-electron chi connectivity index (χ0n) is 11.4. The number of hydrogen-bond donors (Lipinski definition) is 2. The molecule has 19 heavy (non-hydrogen) atoms. The molecule has 0 fully saturated rings. The van der Waals surface area contributed by atoms with E-state index >= 15 is 0 Å². The fourth-order valence-corrected chi connectivity index (χ4v) is 2.17. The van der Waals surface area contributed by atoms with Gasteiger partial charge in [0.05, 0.1) is 0 Å². The van der Waals surface area contributed by atoms with Gasteiger partial charge in [-0.05, 0) is 42.9 Å². The fourth-order valence-electron chi connectivity index (χ4n) is 1.90. The van der Waals surface area contributed by atoms with Gasteiger partial charge in [-0.3, -0.25) is 4.79 Å². The van der Waals surface area contributed by atoms with E-state index in [2.05, 4.69) is 28.2 Å². The number of carbonyl (C=O) groups excluding carboxylic acids is 1. The van der Waals surface area contributed by atoms with E-state index in [0.717, 1.165) is 23.7 Å². The second-order valence-electron chi connectivity index (χ2n) is 4.79. The zero-order chi connectivity index (χ0) is 14.1. The van der Waals surface area contributed by atoms with Gasteiger partial charge in [0.1, 0.15) is 0 Å². The third-order valence-electron chi connectivity index (χ3n) is 3.09. The second kappa shape index (κ2) is 9.10. The molecule has 0 spiro atoms. The summed E-state index contributed by atoms with van der Waals surface area (Å²) in [6.45, 7) is 3.00. The Labute approximate surface area is 123 Å². The Bertz CT molecular complexity index is 378. The van der Waals surface area contributed by atoms with Crippen LogP contribution >= 0.6 is 15.9 Å². The molecule has 1 amide bonds. The predicted molar refractivity (Wildman–Crippen MR) is 81.1 cm³/mol. The van der Waals surface area contributed by atoms with E-state index in [9.17, 15) is 4.79 Å². The van der Waals surface area contributed by atoms with Crippen LogP contribution in [0.1, 0.15) is 44.1 Å². The molecule has 1 unspecified atom stereocenters. The molecule has 106 valence electrons. The summed E-state index contributed by atoms with van der Waals surface area (Å²) in [4.78, 5) is 11.8. The molecule has 3 nitrogen and oxygen atoms in total. The van der Waals surface area contributed by atoms with E-state index in [0.29, 0.717) is 13.0 Å². The summed E-state index contributed by atoms with van der Waals surface area (Å²) < 4.78 is 1.05. The molecule has 2 N–H and O–H groups in total. The lowest BCUT2D eigenvalue weighted by Gasteiger charge is -2.12. The van der Waals surface area contributed by atoms with Gasteiger partial charge < -0.3 is 10.4 Å². The average Bonchev–Trinajstić information content (AvgIpc) is 2.39. The zero-order valence-corrected chi connectivity index (χ0v) is 12.9. The van der Waals surface area contributed by atoms with Crippen molar-refractivity contribution in [3.63, 3.8) is 0 Å². The molecule has 0 bridgehead atoms. The lowest BCUT2D eigenvalue weighted by Crippen LogP contribution is -2.25. The van der Waals surface area contributed by atoms with Gasteiger partial charge in [-0.2, -0.15) is 0 Å². The molecule has 1 aromatic rings. The van der Waals surface area contributed by atoms with E-state index in [4.69, 9.17) is 5.11 Å². The van der Waals surface area contributed by atoms with E-state index in [1.54, 1.807) is 0 Å². The number of benzene rings is 1. The van der Waals surface area contributed by atoms with Gasteiger partial charge >= 0.3 is 0 Å². The normalized spacial score (nSPS) is 12.2. The van der Waals surface area contributed by atoms with Gasteiger partial charge in [0.2, 0.25) is 5.91 Å². The summed E-state index contributed by atoms with van der Waals surface area (Å²) in [5.41, 5.74) is 1.18. The topological polar surface area (TPSA) is 49.3 Å². The first-order chi connectivity index (χ1) is 9.13. The number of halogens is 1. The number of aliphatic hydroxyl groups excluding tert-OH is 1. The van der Waals surface area contributed by atoms with Crippen LogP contribution < -0.4 is 5.32 Å². The first-order valence-corrected chi connectivity index (χ1v) is 7.56. The highest BCUT2D eigenvalue weighted by molar-refractivity contribution is 9.10. The number of hydrogen-bond acceptors (Lipinski definition) is 2. The summed E-state index contributed by atoms with van der Waals surface area (Å²) in [6, 6.07) is 8.09. The first kappa shape index (κ1) is 16.2. The fraction of sp³-hybridized carbons (Fsp3) is 0.533. The SMILES string of the molecule is CC(CC(=O)NCCCCCO)c1ccc(Br)cc1. The molecule has 0 heterocycles. The third kappa shape index (κ3) is 6.73. The Morgan fingerprint density at radius 2 is 1.95 bits per heavy atom. The van der Waals surface area contributed by atoms with Crippen molar-refractivity contribution in [2.45, 2.75) is 38.5 Å². The number of carbonyl (C=O) groups is 1. The van der Waals surface area contributed by atoms with Gasteiger partial charge in [0.15, 0.2) is 0 Å². The molecule has 4 heteroatoms. The molecule has 0 aromatic heterocycles. The predicted octanol–water partition coefficient (Wildman–Crippen LogP) is 3.22. The molecule has 1 rings (SSSR count). The molecule has 0 aliphatic carbocycles. The van der Waals surface area contributed by atoms with Gasteiger partial charge in [-0.15, -0.1) is 0 Å². The van der Waals surface area contributed by atoms with Crippen molar-refractivity contribution in [1.82, 2.24) is 5.32 Å². The largest absolute Gasteiger partial charge is 0.396 e. The Kier molecular flexibility index (Phi) is 7.75. The minimum atomic E-state index is 0.0967. The summed E-state index contributed by atoms with van der Waals surface area (Å²) >= 11 is 3.40. The van der Waals surface area contributed by atoms with Crippen molar-refractivity contribution < 1.29 is 9.90 Å². The molecule has 0 radical (unpaired) electrons. The number of nitrogens with one attached hydrogen (secondary N) is 1. The highest BCUT2D eigenvalue weighted by Gasteiger charge is 2.10. The molecule has 0 aliphatic rings. The highest BCUT2D eigenvalue weighted by atomic mass is 79.9. The lowest BCUT2D eigenvalue weighted by atomic mass is 9.97. The smallest absolute Gasteiger partial charge is 0.220 e. The van der Waals surface area contributed by atoms with Gasteiger partial charge in [0.25, 0.3) is 0 Å². The third-order valence-corrected chi connectivity index (χ3v) is 3.62. The van der Waals surface area contributed by atoms with Crippen molar-refractivity contribution in [3.05, 3.63) is 34.3 Å².